The van der Waals surface area contributed by atoms with Crippen molar-refractivity contribution >= 4 is 34.7 Å². The zero-order valence-corrected chi connectivity index (χ0v) is 16.0. The third-order valence-corrected chi connectivity index (χ3v) is 4.89. The van der Waals surface area contributed by atoms with Crippen molar-refractivity contribution in [3.63, 3.8) is 0 Å². The van der Waals surface area contributed by atoms with Crippen LogP contribution < -0.4 is 9.75 Å². The van der Waals surface area contributed by atoms with E-state index in [1.54, 1.807) is 13.2 Å². The summed E-state index contributed by atoms with van der Waals surface area (Å²) in [6.45, 7) is 0. The molecule has 0 saturated heterocycles. The molecule has 0 saturated carbocycles. The Morgan fingerprint density at radius 1 is 0.926 bits per heavy atom. The lowest BCUT2D eigenvalue weighted by atomic mass is 9.98. The number of halogens is 2. The van der Waals surface area contributed by atoms with Gasteiger partial charge in [-0.05, 0) is 47.5 Å². The van der Waals surface area contributed by atoms with Crippen LogP contribution in [0.25, 0.3) is 0 Å². The second-order valence-electron chi connectivity index (χ2n) is 6.11. The summed E-state index contributed by atoms with van der Waals surface area (Å²) in [4.78, 5) is 0. The first kappa shape index (κ1) is 17.8. The van der Waals surface area contributed by atoms with Crippen molar-refractivity contribution in [1.82, 2.24) is 10.2 Å². The SMILES string of the molecule is COc1ccc(C2CC(c3ccc(Cl)cc3)=NN2c2ccc(Cl)nn2)cc1. The van der Waals surface area contributed by atoms with E-state index in [-0.39, 0.29) is 6.04 Å². The summed E-state index contributed by atoms with van der Waals surface area (Å²) in [5.41, 5.74) is 3.10. The number of benzene rings is 2. The molecule has 4 rings (SSSR count). The van der Waals surface area contributed by atoms with E-state index in [1.165, 1.54) is 0 Å². The van der Waals surface area contributed by atoms with Crippen LogP contribution in [-0.2, 0) is 0 Å². The molecule has 0 aliphatic carbocycles. The van der Waals surface area contributed by atoms with Gasteiger partial charge in [-0.15, -0.1) is 10.2 Å². The van der Waals surface area contributed by atoms with Gasteiger partial charge in [0.2, 0.25) is 0 Å². The molecule has 1 unspecified atom stereocenters. The van der Waals surface area contributed by atoms with Crippen molar-refractivity contribution in [3.05, 3.63) is 82.0 Å². The third-order valence-electron chi connectivity index (χ3n) is 4.44. The average Bonchev–Trinajstić information content (AvgIpc) is 3.14. The number of nitrogens with zero attached hydrogens (tertiary/aromatic N) is 4. The standard InChI is InChI=1S/C20H16Cl2N4O/c1-27-16-8-4-14(5-9-16)18-12-17(13-2-6-15(21)7-3-13)25-26(18)20-11-10-19(22)23-24-20/h2-11,18H,12H2,1H3. The molecule has 0 radical (unpaired) electrons. The summed E-state index contributed by atoms with van der Waals surface area (Å²) in [6.07, 6.45) is 0.734. The molecule has 1 aliphatic heterocycles. The predicted molar refractivity (Wildman–Crippen MR) is 108 cm³/mol. The molecule has 0 bridgehead atoms. The van der Waals surface area contributed by atoms with Crippen LogP contribution in [0.3, 0.4) is 0 Å². The molecule has 0 spiro atoms. The van der Waals surface area contributed by atoms with E-state index in [4.69, 9.17) is 33.0 Å². The van der Waals surface area contributed by atoms with Gasteiger partial charge in [-0.2, -0.15) is 5.10 Å². The molecule has 3 aromatic rings. The smallest absolute Gasteiger partial charge is 0.172 e. The van der Waals surface area contributed by atoms with E-state index in [9.17, 15) is 0 Å². The van der Waals surface area contributed by atoms with Crippen LogP contribution in [0.2, 0.25) is 10.2 Å². The van der Waals surface area contributed by atoms with E-state index in [0.29, 0.717) is 16.0 Å². The van der Waals surface area contributed by atoms with E-state index >= 15 is 0 Å². The molecule has 1 atom stereocenters. The fourth-order valence-corrected chi connectivity index (χ4v) is 3.28. The summed E-state index contributed by atoms with van der Waals surface area (Å²) in [7, 11) is 1.65. The van der Waals surface area contributed by atoms with Crippen molar-refractivity contribution in [2.24, 2.45) is 5.10 Å². The van der Waals surface area contributed by atoms with E-state index in [1.807, 2.05) is 59.6 Å². The van der Waals surface area contributed by atoms with Crippen molar-refractivity contribution < 1.29 is 4.74 Å². The largest absolute Gasteiger partial charge is 0.497 e. The summed E-state index contributed by atoms with van der Waals surface area (Å²) < 4.78 is 5.27. The van der Waals surface area contributed by atoms with Crippen LogP contribution in [0, 0.1) is 0 Å². The maximum atomic E-state index is 6.02. The van der Waals surface area contributed by atoms with Gasteiger partial charge in [-0.3, -0.25) is 0 Å². The Morgan fingerprint density at radius 3 is 2.30 bits per heavy atom. The fourth-order valence-electron chi connectivity index (χ4n) is 3.06. The summed E-state index contributed by atoms with van der Waals surface area (Å²) >= 11 is 11.9. The maximum absolute atomic E-state index is 6.02. The number of methoxy groups -OCH3 is 1. The number of hydrogen-bond donors (Lipinski definition) is 0. The van der Waals surface area contributed by atoms with Crippen LogP contribution in [0.4, 0.5) is 5.82 Å². The lowest BCUT2D eigenvalue weighted by molar-refractivity contribution is 0.414. The van der Waals surface area contributed by atoms with Gasteiger partial charge in [0, 0.05) is 11.4 Å². The molecule has 0 amide bonds. The molecule has 0 N–H and O–H groups in total. The highest BCUT2D eigenvalue weighted by Crippen LogP contribution is 2.36. The summed E-state index contributed by atoms with van der Waals surface area (Å²) in [6, 6.07) is 19.2. The Labute approximate surface area is 167 Å². The van der Waals surface area contributed by atoms with Gasteiger partial charge in [0.15, 0.2) is 11.0 Å². The Hall–Kier alpha value is -2.63. The van der Waals surface area contributed by atoms with Gasteiger partial charge in [-0.1, -0.05) is 47.5 Å². The Bertz CT molecular complexity index is 957. The Morgan fingerprint density at radius 2 is 1.67 bits per heavy atom. The first-order valence-electron chi connectivity index (χ1n) is 8.40. The average molecular weight is 399 g/mol. The lowest BCUT2D eigenvalue weighted by Gasteiger charge is -2.22. The Kier molecular flexibility index (Phi) is 4.97. The predicted octanol–water partition coefficient (Wildman–Crippen LogP) is 5.15. The summed E-state index contributed by atoms with van der Waals surface area (Å²) in [5, 5.41) is 15.9. The van der Waals surface area contributed by atoms with Gasteiger partial charge in [0.05, 0.1) is 18.9 Å². The molecule has 1 aliphatic rings. The van der Waals surface area contributed by atoms with E-state index < -0.39 is 0 Å². The summed E-state index contributed by atoms with van der Waals surface area (Å²) in [5.74, 6) is 1.46. The maximum Gasteiger partial charge on any atom is 0.172 e. The quantitative estimate of drug-likeness (QED) is 0.609. The molecule has 5 nitrogen and oxygen atoms in total. The molecule has 2 heterocycles. The first-order valence-corrected chi connectivity index (χ1v) is 9.15. The molecule has 1 aromatic heterocycles. The van der Waals surface area contributed by atoms with Crippen LogP contribution in [0.5, 0.6) is 5.75 Å². The molecule has 2 aromatic carbocycles. The minimum absolute atomic E-state index is 0.00272. The number of hydrazone groups is 1. The first-order chi connectivity index (χ1) is 13.1. The fraction of sp³-hybridized carbons (Fsp3) is 0.150. The van der Waals surface area contributed by atoms with Gasteiger partial charge in [0.1, 0.15) is 5.75 Å². The third kappa shape index (κ3) is 3.75. The van der Waals surface area contributed by atoms with Crippen LogP contribution in [0.15, 0.2) is 65.8 Å². The van der Waals surface area contributed by atoms with Crippen molar-refractivity contribution in [2.45, 2.75) is 12.5 Å². The minimum atomic E-state index is -0.00272. The topological polar surface area (TPSA) is 50.6 Å². The van der Waals surface area contributed by atoms with Gasteiger partial charge >= 0.3 is 0 Å². The van der Waals surface area contributed by atoms with E-state index in [2.05, 4.69) is 10.2 Å². The second-order valence-corrected chi connectivity index (χ2v) is 6.93. The molecular weight excluding hydrogens is 383 g/mol. The highest BCUT2D eigenvalue weighted by Gasteiger charge is 2.31. The second kappa shape index (κ2) is 7.55. The van der Waals surface area contributed by atoms with Crippen LogP contribution in [-0.4, -0.2) is 23.0 Å². The van der Waals surface area contributed by atoms with E-state index in [0.717, 1.165) is 29.0 Å². The van der Waals surface area contributed by atoms with Crippen LogP contribution in [0.1, 0.15) is 23.6 Å². The van der Waals surface area contributed by atoms with Crippen molar-refractivity contribution in [1.29, 1.82) is 0 Å². The number of anilines is 1. The normalized spacial score (nSPS) is 16.3. The molecular formula is C20H16Cl2N4O. The zero-order chi connectivity index (χ0) is 18.8. The highest BCUT2D eigenvalue weighted by molar-refractivity contribution is 6.30. The van der Waals surface area contributed by atoms with Gasteiger partial charge in [0.25, 0.3) is 0 Å². The lowest BCUT2D eigenvalue weighted by Crippen LogP contribution is -2.19. The van der Waals surface area contributed by atoms with Crippen LogP contribution >= 0.6 is 23.2 Å². The zero-order valence-electron chi connectivity index (χ0n) is 14.5. The minimum Gasteiger partial charge on any atom is -0.497 e. The molecule has 136 valence electrons. The van der Waals surface area contributed by atoms with Gasteiger partial charge in [-0.25, -0.2) is 5.01 Å². The van der Waals surface area contributed by atoms with Crippen molar-refractivity contribution in [3.8, 4) is 5.75 Å². The molecule has 7 heteroatoms. The Balaban J connectivity index is 1.72. The monoisotopic (exact) mass is 398 g/mol. The molecule has 27 heavy (non-hydrogen) atoms. The number of aromatic nitrogens is 2. The number of hydrogen-bond acceptors (Lipinski definition) is 5. The molecule has 0 fully saturated rings. The van der Waals surface area contributed by atoms with Gasteiger partial charge < -0.3 is 4.74 Å². The highest BCUT2D eigenvalue weighted by atomic mass is 35.5. The number of rotatable bonds is 4. The number of ether oxygens (including phenoxy) is 1. The van der Waals surface area contributed by atoms with Crippen molar-refractivity contribution in [2.75, 3.05) is 12.1 Å².